The highest BCUT2D eigenvalue weighted by atomic mass is 35.5. The van der Waals surface area contributed by atoms with Crippen molar-refractivity contribution in [2.75, 3.05) is 57.0 Å². The van der Waals surface area contributed by atoms with E-state index in [1.807, 2.05) is 4.90 Å². The molecule has 4 heterocycles. The molecule has 3 fully saturated rings. The Kier molecular flexibility index (Phi) is 6.93. The number of aromatic nitrogens is 3. The van der Waals surface area contributed by atoms with Crippen LogP contribution in [0, 0.1) is 11.8 Å². The number of alkyl halides is 3. The number of nitrogens with two attached hydrogens (primary N) is 1. The average Bonchev–Trinajstić information content (AvgIpc) is 3.62. The Bertz CT molecular complexity index is 1520. The summed E-state index contributed by atoms with van der Waals surface area (Å²) < 4.78 is 47.8. The predicted molar refractivity (Wildman–Crippen MR) is 150 cm³/mol. The molecule has 2 aromatic heterocycles. The zero-order valence-corrected chi connectivity index (χ0v) is 23.1. The lowest BCUT2D eigenvalue weighted by Crippen LogP contribution is -2.48. The van der Waals surface area contributed by atoms with Crippen LogP contribution in [-0.4, -0.2) is 83.1 Å². The van der Waals surface area contributed by atoms with Gasteiger partial charge in [-0.2, -0.15) is 23.1 Å². The molecule has 1 aromatic carbocycles. The number of ether oxygens (including phenoxy) is 1. The van der Waals surface area contributed by atoms with E-state index in [-0.39, 0.29) is 40.1 Å². The lowest BCUT2D eigenvalue weighted by Gasteiger charge is -2.35. The highest BCUT2D eigenvalue weighted by Gasteiger charge is 2.51. The van der Waals surface area contributed by atoms with Crippen LogP contribution in [0.15, 0.2) is 36.9 Å². The molecule has 1 aliphatic carbocycles. The second-order valence-corrected chi connectivity index (χ2v) is 11.2. The number of nitrogens with zero attached hydrogens (tertiary/aromatic N) is 6. The van der Waals surface area contributed by atoms with E-state index in [0.29, 0.717) is 61.3 Å². The molecule has 13 heteroatoms. The van der Waals surface area contributed by atoms with E-state index in [9.17, 15) is 18.0 Å². The van der Waals surface area contributed by atoms with Crippen molar-refractivity contribution in [1.82, 2.24) is 24.8 Å². The maximum Gasteiger partial charge on any atom is 0.418 e. The predicted octanol–water partition coefficient (Wildman–Crippen LogP) is 4.11. The minimum atomic E-state index is -4.67. The first kappa shape index (κ1) is 27.5. The molecule has 1 saturated carbocycles. The number of hydrogen-bond donors (Lipinski definition) is 1. The largest absolute Gasteiger partial charge is 0.462 e. The van der Waals surface area contributed by atoms with Crippen LogP contribution in [0.1, 0.15) is 12.0 Å². The Morgan fingerprint density at radius 2 is 1.95 bits per heavy atom. The molecule has 0 spiro atoms. The van der Waals surface area contributed by atoms with E-state index in [1.165, 1.54) is 18.6 Å². The molecule has 0 radical (unpaired) electrons. The first-order valence-corrected chi connectivity index (χ1v) is 13.8. The zero-order valence-electron chi connectivity index (χ0n) is 22.4. The number of fused-ring (bicyclic) bond motifs is 2. The Hall–Kier alpha value is -3.64. The number of amides is 1. The number of anilines is 2. The number of piperazine rings is 1. The van der Waals surface area contributed by atoms with E-state index < -0.39 is 11.7 Å². The normalized spacial score (nSPS) is 22.6. The molecule has 216 valence electrons. The summed E-state index contributed by atoms with van der Waals surface area (Å²) in [6.45, 7) is 6.87. The van der Waals surface area contributed by atoms with Gasteiger partial charge in [0.15, 0.2) is 0 Å². The number of piperidine rings is 1. The van der Waals surface area contributed by atoms with Gasteiger partial charge in [-0.15, -0.1) is 0 Å². The van der Waals surface area contributed by atoms with Gasteiger partial charge in [-0.05, 0) is 55.6 Å². The highest BCUT2D eigenvalue weighted by Crippen LogP contribution is 2.49. The van der Waals surface area contributed by atoms with Crippen LogP contribution in [0.2, 0.25) is 5.02 Å². The molecule has 9 nitrogen and oxygen atoms in total. The summed E-state index contributed by atoms with van der Waals surface area (Å²) in [5, 5.41) is 0.597. The summed E-state index contributed by atoms with van der Waals surface area (Å²) in [5.41, 5.74) is 4.84. The van der Waals surface area contributed by atoms with Crippen LogP contribution in [0.4, 0.5) is 24.8 Å². The standard InChI is InChI=1S/C28H29ClF3N7O2/c1-3-24(40)38-6-8-39(9-7-38)26-18-11-20(29)17(25-19(28(30,31)32)4-5-23(33)35-25)12-21(18)34-27(36-26)41-14-22-16-10-15(16)13-37(22)2/h3-5,11-12,15-16,22H,1,6-10,13-14H2,2H3,(H2,33,35)/t15-,16-,22+/m0/s1. The van der Waals surface area contributed by atoms with Gasteiger partial charge in [0.25, 0.3) is 0 Å². The van der Waals surface area contributed by atoms with Crippen molar-refractivity contribution in [2.45, 2.75) is 18.6 Å². The van der Waals surface area contributed by atoms with Crippen LogP contribution in [0.25, 0.3) is 22.2 Å². The van der Waals surface area contributed by atoms with Gasteiger partial charge >= 0.3 is 12.2 Å². The second kappa shape index (κ2) is 10.3. The monoisotopic (exact) mass is 587 g/mol. The van der Waals surface area contributed by atoms with Gasteiger partial charge in [0, 0.05) is 49.7 Å². The van der Waals surface area contributed by atoms with E-state index in [4.69, 9.17) is 27.1 Å². The van der Waals surface area contributed by atoms with Gasteiger partial charge in [-0.3, -0.25) is 9.69 Å². The second-order valence-electron chi connectivity index (χ2n) is 10.8. The third-order valence-electron chi connectivity index (χ3n) is 8.23. The van der Waals surface area contributed by atoms with Gasteiger partial charge in [-0.1, -0.05) is 18.2 Å². The van der Waals surface area contributed by atoms with Crippen molar-refractivity contribution in [3.8, 4) is 17.3 Å². The average molecular weight is 588 g/mol. The number of carbonyl (C=O) groups is 1. The Morgan fingerprint density at radius 3 is 2.61 bits per heavy atom. The topological polar surface area (TPSA) is 101 Å². The van der Waals surface area contributed by atoms with Gasteiger partial charge in [0.2, 0.25) is 5.91 Å². The molecular weight excluding hydrogens is 559 g/mol. The molecule has 41 heavy (non-hydrogen) atoms. The first-order valence-electron chi connectivity index (χ1n) is 13.4. The molecule has 2 aliphatic heterocycles. The lowest BCUT2D eigenvalue weighted by atomic mass is 10.0. The van der Waals surface area contributed by atoms with E-state index in [0.717, 1.165) is 18.7 Å². The van der Waals surface area contributed by atoms with Crippen LogP contribution in [-0.2, 0) is 11.0 Å². The van der Waals surface area contributed by atoms with Gasteiger partial charge in [0.1, 0.15) is 18.2 Å². The molecule has 3 atom stereocenters. The molecule has 0 unspecified atom stereocenters. The number of nitrogen functional groups attached to an aromatic ring is 1. The number of pyridine rings is 1. The van der Waals surface area contributed by atoms with E-state index in [1.54, 1.807) is 11.0 Å². The third-order valence-corrected chi connectivity index (χ3v) is 8.54. The fourth-order valence-electron chi connectivity index (χ4n) is 5.97. The van der Waals surface area contributed by atoms with Gasteiger partial charge in [-0.25, -0.2) is 4.98 Å². The smallest absolute Gasteiger partial charge is 0.418 e. The molecule has 1 amide bonds. The first-order chi connectivity index (χ1) is 19.5. The zero-order chi connectivity index (χ0) is 29.1. The summed E-state index contributed by atoms with van der Waals surface area (Å²) in [6, 6.07) is 5.40. The van der Waals surface area contributed by atoms with Crippen molar-refractivity contribution in [1.29, 1.82) is 0 Å². The summed E-state index contributed by atoms with van der Waals surface area (Å²) >= 11 is 6.61. The number of likely N-dealkylation sites (N-methyl/N-ethyl adjacent to an activating group) is 1. The van der Waals surface area contributed by atoms with Crippen molar-refractivity contribution in [3.05, 3.63) is 47.5 Å². The fraction of sp³-hybridized carbons (Fsp3) is 0.429. The quantitative estimate of drug-likeness (QED) is 0.430. The molecule has 3 aliphatic rings. The molecule has 2 N–H and O–H groups in total. The number of benzene rings is 1. The number of likely N-dealkylation sites (tertiary alicyclic amines) is 1. The van der Waals surface area contributed by atoms with Crippen LogP contribution >= 0.6 is 11.6 Å². The SMILES string of the molecule is C=CC(=O)N1CCN(c2nc(OC[C@@H]3[C@H]4C[C@H]4CN3C)nc3cc(-c4nc(N)ccc4C(F)(F)F)c(Cl)cc23)CC1. The van der Waals surface area contributed by atoms with Crippen molar-refractivity contribution in [2.24, 2.45) is 11.8 Å². The Balaban J connectivity index is 1.41. The molecular formula is C28H29ClF3N7O2. The number of halogens is 4. The van der Waals surface area contributed by atoms with E-state index in [2.05, 4.69) is 28.5 Å². The number of rotatable bonds is 6. The lowest BCUT2D eigenvalue weighted by molar-refractivity contribution is -0.137. The van der Waals surface area contributed by atoms with E-state index >= 15 is 0 Å². The summed E-state index contributed by atoms with van der Waals surface area (Å²) in [7, 11) is 2.07. The summed E-state index contributed by atoms with van der Waals surface area (Å²) in [6.07, 6.45) is -2.20. The van der Waals surface area contributed by atoms with Crippen LogP contribution in [0.5, 0.6) is 6.01 Å². The van der Waals surface area contributed by atoms with Crippen molar-refractivity contribution >= 4 is 40.0 Å². The van der Waals surface area contributed by atoms with Crippen molar-refractivity contribution in [3.63, 3.8) is 0 Å². The molecule has 2 saturated heterocycles. The van der Waals surface area contributed by atoms with Gasteiger partial charge < -0.3 is 20.3 Å². The van der Waals surface area contributed by atoms with Gasteiger partial charge in [0.05, 0.1) is 21.8 Å². The fourth-order valence-corrected chi connectivity index (χ4v) is 6.22. The maximum absolute atomic E-state index is 13.9. The molecule has 6 rings (SSSR count). The maximum atomic E-state index is 13.9. The van der Waals surface area contributed by atoms with Crippen LogP contribution < -0.4 is 15.4 Å². The Morgan fingerprint density at radius 1 is 1.20 bits per heavy atom. The minimum Gasteiger partial charge on any atom is -0.462 e. The summed E-state index contributed by atoms with van der Waals surface area (Å²) in [4.78, 5) is 31.4. The number of carbonyl (C=O) groups excluding carboxylic acids is 1. The Labute approximate surface area is 239 Å². The minimum absolute atomic E-state index is 0.0483. The molecule has 0 bridgehead atoms. The highest BCUT2D eigenvalue weighted by molar-refractivity contribution is 6.34. The van der Waals surface area contributed by atoms with Crippen molar-refractivity contribution < 1.29 is 22.7 Å². The van der Waals surface area contributed by atoms with Crippen LogP contribution in [0.3, 0.4) is 0 Å². The molecule has 3 aromatic rings. The number of hydrogen-bond acceptors (Lipinski definition) is 8. The summed E-state index contributed by atoms with van der Waals surface area (Å²) in [5.74, 6) is 1.61. The third kappa shape index (κ3) is 5.26.